The van der Waals surface area contributed by atoms with Gasteiger partial charge >= 0.3 is 5.97 Å². The fraction of sp³-hybridized carbons (Fsp3) is 0.250. The Balaban J connectivity index is 1.94. The normalized spacial score (nSPS) is 10.8. The SMILES string of the molecule is CCOCCOC(=O)c1nc2ccccc2nc1Nc1ccc(F)cc1C. The van der Waals surface area contributed by atoms with Crippen molar-refractivity contribution in [3.8, 4) is 0 Å². The minimum Gasteiger partial charge on any atom is -0.458 e. The number of anilines is 2. The molecule has 0 amide bonds. The van der Waals surface area contributed by atoms with Gasteiger partial charge in [-0.3, -0.25) is 0 Å². The Morgan fingerprint density at radius 3 is 2.56 bits per heavy atom. The number of carbonyl (C=O) groups excluding carboxylic acids is 1. The lowest BCUT2D eigenvalue weighted by atomic mass is 10.2. The maximum atomic E-state index is 13.4. The highest BCUT2D eigenvalue weighted by Crippen LogP contribution is 2.24. The molecule has 2 aromatic carbocycles. The Hall–Kier alpha value is -3.06. The van der Waals surface area contributed by atoms with Crippen LogP contribution >= 0.6 is 0 Å². The number of benzene rings is 2. The third kappa shape index (κ3) is 4.57. The van der Waals surface area contributed by atoms with Crippen LogP contribution in [0, 0.1) is 12.7 Å². The van der Waals surface area contributed by atoms with Crippen molar-refractivity contribution in [2.24, 2.45) is 0 Å². The molecule has 0 fully saturated rings. The van der Waals surface area contributed by atoms with Gasteiger partial charge in [0.1, 0.15) is 12.4 Å². The lowest BCUT2D eigenvalue weighted by Gasteiger charge is -2.13. The van der Waals surface area contributed by atoms with Crippen molar-refractivity contribution in [1.29, 1.82) is 0 Å². The zero-order valence-corrected chi connectivity index (χ0v) is 15.2. The molecule has 0 aliphatic carbocycles. The van der Waals surface area contributed by atoms with Gasteiger partial charge in [0.05, 0.1) is 17.6 Å². The molecule has 0 saturated heterocycles. The zero-order chi connectivity index (χ0) is 19.2. The van der Waals surface area contributed by atoms with Crippen molar-refractivity contribution < 1.29 is 18.7 Å². The molecule has 0 aliphatic heterocycles. The van der Waals surface area contributed by atoms with Crippen LogP contribution < -0.4 is 5.32 Å². The van der Waals surface area contributed by atoms with Crippen LogP contribution in [0.25, 0.3) is 11.0 Å². The minimum absolute atomic E-state index is 0.0638. The van der Waals surface area contributed by atoms with Gasteiger partial charge in [-0.1, -0.05) is 12.1 Å². The maximum absolute atomic E-state index is 13.4. The number of nitrogens with zero attached hydrogens (tertiary/aromatic N) is 2. The highest BCUT2D eigenvalue weighted by molar-refractivity contribution is 5.96. The minimum atomic E-state index is -0.602. The van der Waals surface area contributed by atoms with Crippen molar-refractivity contribution in [2.75, 3.05) is 25.1 Å². The van der Waals surface area contributed by atoms with E-state index in [1.165, 1.54) is 12.1 Å². The molecule has 0 aliphatic rings. The molecule has 0 atom stereocenters. The van der Waals surface area contributed by atoms with Crippen molar-refractivity contribution in [3.05, 3.63) is 59.5 Å². The largest absolute Gasteiger partial charge is 0.458 e. The van der Waals surface area contributed by atoms with Crippen LogP contribution in [0.5, 0.6) is 0 Å². The molecular weight excluding hydrogens is 349 g/mol. The van der Waals surface area contributed by atoms with Gasteiger partial charge in [-0.25, -0.2) is 19.2 Å². The average molecular weight is 369 g/mol. The highest BCUT2D eigenvalue weighted by Gasteiger charge is 2.19. The van der Waals surface area contributed by atoms with Gasteiger partial charge < -0.3 is 14.8 Å². The molecule has 140 valence electrons. The number of hydrogen-bond donors (Lipinski definition) is 1. The smallest absolute Gasteiger partial charge is 0.360 e. The molecule has 0 bridgehead atoms. The van der Waals surface area contributed by atoms with E-state index in [4.69, 9.17) is 9.47 Å². The first kappa shape index (κ1) is 18.7. The van der Waals surface area contributed by atoms with Crippen molar-refractivity contribution in [2.45, 2.75) is 13.8 Å². The van der Waals surface area contributed by atoms with E-state index in [1.54, 1.807) is 25.1 Å². The van der Waals surface area contributed by atoms with Crippen LogP contribution in [0.1, 0.15) is 23.0 Å². The summed E-state index contributed by atoms with van der Waals surface area (Å²) in [5.74, 6) is -0.682. The second-order valence-electron chi connectivity index (χ2n) is 5.83. The fourth-order valence-electron chi connectivity index (χ4n) is 2.53. The number of fused-ring (bicyclic) bond motifs is 1. The predicted octanol–water partition coefficient (Wildman–Crippen LogP) is 4.01. The van der Waals surface area contributed by atoms with E-state index >= 15 is 0 Å². The fourth-order valence-corrected chi connectivity index (χ4v) is 2.53. The Bertz CT molecular complexity index is 962. The molecule has 0 saturated carbocycles. The standard InChI is InChI=1S/C20H20FN3O3/c1-3-26-10-11-27-20(25)18-19(23-15-9-8-14(21)12-13(15)2)24-17-7-5-4-6-16(17)22-18/h4-9,12H,3,10-11H2,1-2H3,(H,23,24). The van der Waals surface area contributed by atoms with Crippen LogP contribution in [-0.2, 0) is 9.47 Å². The number of halogens is 1. The van der Waals surface area contributed by atoms with Crippen molar-refractivity contribution >= 4 is 28.5 Å². The lowest BCUT2D eigenvalue weighted by molar-refractivity contribution is 0.0330. The highest BCUT2D eigenvalue weighted by atomic mass is 19.1. The molecular formula is C20H20FN3O3. The summed E-state index contributed by atoms with van der Waals surface area (Å²) in [5.41, 5.74) is 2.58. The maximum Gasteiger partial charge on any atom is 0.360 e. The van der Waals surface area contributed by atoms with Crippen molar-refractivity contribution in [3.63, 3.8) is 0 Å². The molecule has 3 rings (SSSR count). The molecule has 3 aromatic rings. The second kappa shape index (κ2) is 8.55. The van der Waals surface area contributed by atoms with Gasteiger partial charge in [-0.15, -0.1) is 0 Å². The van der Waals surface area contributed by atoms with Crippen molar-refractivity contribution in [1.82, 2.24) is 9.97 Å². The van der Waals surface area contributed by atoms with Gasteiger partial charge in [0.15, 0.2) is 11.5 Å². The number of aromatic nitrogens is 2. The van der Waals surface area contributed by atoms with Gasteiger partial charge in [-0.05, 0) is 49.7 Å². The summed E-state index contributed by atoms with van der Waals surface area (Å²) < 4.78 is 23.8. The average Bonchev–Trinajstić information content (AvgIpc) is 2.66. The number of para-hydroxylation sites is 2. The number of hydrogen-bond acceptors (Lipinski definition) is 6. The van der Waals surface area contributed by atoms with E-state index in [1.807, 2.05) is 19.1 Å². The predicted molar refractivity (Wildman–Crippen MR) is 101 cm³/mol. The molecule has 7 heteroatoms. The molecule has 0 spiro atoms. The summed E-state index contributed by atoms with van der Waals surface area (Å²) in [6, 6.07) is 11.6. The molecule has 1 heterocycles. The molecule has 6 nitrogen and oxygen atoms in total. The van der Waals surface area contributed by atoms with Gasteiger partial charge in [0, 0.05) is 12.3 Å². The quantitative estimate of drug-likeness (QED) is 0.501. The van der Waals surface area contributed by atoms with Gasteiger partial charge in [-0.2, -0.15) is 0 Å². The summed E-state index contributed by atoms with van der Waals surface area (Å²) >= 11 is 0. The van der Waals surface area contributed by atoms with E-state index in [2.05, 4.69) is 15.3 Å². The number of nitrogens with one attached hydrogen (secondary N) is 1. The van der Waals surface area contributed by atoms with Gasteiger partial charge in [0.2, 0.25) is 0 Å². The first-order valence-electron chi connectivity index (χ1n) is 8.63. The molecule has 0 unspecified atom stereocenters. The number of rotatable bonds is 7. The molecule has 0 radical (unpaired) electrons. The van der Waals surface area contributed by atoms with Crippen LogP contribution in [0.3, 0.4) is 0 Å². The Kier molecular flexibility index (Phi) is 5.93. The first-order chi connectivity index (χ1) is 13.1. The number of esters is 1. The van der Waals surface area contributed by atoms with Crippen LogP contribution in [0.15, 0.2) is 42.5 Å². The summed E-state index contributed by atoms with van der Waals surface area (Å²) in [6.07, 6.45) is 0. The first-order valence-corrected chi connectivity index (χ1v) is 8.63. The Morgan fingerprint density at radius 1 is 1.11 bits per heavy atom. The molecule has 27 heavy (non-hydrogen) atoms. The summed E-state index contributed by atoms with van der Waals surface area (Å²) in [4.78, 5) is 21.4. The van der Waals surface area contributed by atoms with E-state index in [0.29, 0.717) is 35.5 Å². The molecule has 1 N–H and O–H groups in total. The summed E-state index contributed by atoms with van der Waals surface area (Å²) in [5, 5.41) is 3.07. The monoisotopic (exact) mass is 369 g/mol. The van der Waals surface area contributed by atoms with Crippen LogP contribution in [0.4, 0.5) is 15.9 Å². The number of aryl methyl sites for hydroxylation is 1. The second-order valence-corrected chi connectivity index (χ2v) is 5.83. The van der Waals surface area contributed by atoms with Gasteiger partial charge in [0.25, 0.3) is 0 Å². The van der Waals surface area contributed by atoms with E-state index in [9.17, 15) is 9.18 Å². The third-order valence-electron chi connectivity index (χ3n) is 3.87. The van der Waals surface area contributed by atoms with E-state index < -0.39 is 5.97 Å². The summed E-state index contributed by atoms with van der Waals surface area (Å²) in [7, 11) is 0. The summed E-state index contributed by atoms with van der Waals surface area (Å²) in [6.45, 7) is 4.60. The third-order valence-corrected chi connectivity index (χ3v) is 3.87. The topological polar surface area (TPSA) is 73.3 Å². The zero-order valence-electron chi connectivity index (χ0n) is 15.2. The number of ether oxygens (including phenoxy) is 2. The molecule has 1 aromatic heterocycles. The van der Waals surface area contributed by atoms with E-state index in [0.717, 1.165) is 0 Å². The van der Waals surface area contributed by atoms with E-state index in [-0.39, 0.29) is 23.9 Å². The van der Waals surface area contributed by atoms with Crippen LogP contribution in [-0.4, -0.2) is 35.8 Å². The Labute approximate surface area is 156 Å². The Morgan fingerprint density at radius 2 is 1.85 bits per heavy atom. The number of carbonyl (C=O) groups is 1. The lowest BCUT2D eigenvalue weighted by Crippen LogP contribution is -2.15. The van der Waals surface area contributed by atoms with Crippen LogP contribution in [0.2, 0.25) is 0 Å².